The van der Waals surface area contributed by atoms with E-state index in [0.717, 1.165) is 44.6 Å². The van der Waals surface area contributed by atoms with E-state index in [1.54, 1.807) is 24.3 Å². The van der Waals surface area contributed by atoms with Crippen molar-refractivity contribution < 1.29 is 41.7 Å². The summed E-state index contributed by atoms with van der Waals surface area (Å²) in [4.78, 5) is 11.5. The fourth-order valence-electron chi connectivity index (χ4n) is 6.16. The third-order valence-corrected chi connectivity index (χ3v) is 9.39. The van der Waals surface area contributed by atoms with E-state index in [-0.39, 0.29) is 44.7 Å². The minimum absolute atomic E-state index is 0.0133. The lowest BCUT2D eigenvalue weighted by Crippen LogP contribution is -1.99. The maximum atomic E-state index is 16.3. The van der Waals surface area contributed by atoms with Gasteiger partial charge in [0.2, 0.25) is 0 Å². The Morgan fingerprint density at radius 3 is 1.38 bits per heavy atom. The third-order valence-electron chi connectivity index (χ3n) is 9.39. The number of carboxylic acid groups (broad SMARTS) is 1. The van der Waals surface area contributed by atoms with Crippen molar-refractivity contribution in [3.05, 3.63) is 113 Å². The Morgan fingerprint density at radius 1 is 0.527 bits per heavy atom. The van der Waals surface area contributed by atoms with Crippen LogP contribution in [0.5, 0.6) is 17.2 Å². The Balaban J connectivity index is 1.62. The SMILES string of the molecule is CCCCCCCCOc1ccc(/C(F)=C(\F)c2cc(-c3ccc(C(=O)O)cc3)c(/C(F)=C(\F)c3ccc(OCCCCCCCC)cc3)cc2OC)cc1. The number of unbranched alkanes of at least 4 members (excludes halogenated alkanes) is 10. The molecular weight excluding hydrogens is 708 g/mol. The molecule has 0 radical (unpaired) electrons. The molecule has 4 aromatic carbocycles. The monoisotopic (exact) mass is 760 g/mol. The summed E-state index contributed by atoms with van der Waals surface area (Å²) in [6, 6.07) is 19.5. The fourth-order valence-corrected chi connectivity index (χ4v) is 6.16. The van der Waals surface area contributed by atoms with Crippen LogP contribution in [0, 0.1) is 0 Å². The molecule has 294 valence electrons. The van der Waals surface area contributed by atoms with Gasteiger partial charge >= 0.3 is 5.97 Å². The minimum Gasteiger partial charge on any atom is -0.496 e. The molecule has 0 aliphatic heterocycles. The molecule has 1 N–H and O–H groups in total. The van der Waals surface area contributed by atoms with Crippen molar-refractivity contribution in [1.29, 1.82) is 0 Å². The Hall–Kier alpha value is -5.05. The van der Waals surface area contributed by atoms with Crippen molar-refractivity contribution in [1.82, 2.24) is 0 Å². The fraction of sp³-hybridized carbons (Fsp3) is 0.370. The van der Waals surface area contributed by atoms with Gasteiger partial charge in [0, 0.05) is 16.7 Å². The molecule has 4 rings (SSSR count). The first-order valence-electron chi connectivity index (χ1n) is 19.3. The first-order chi connectivity index (χ1) is 26.7. The molecule has 0 heterocycles. The van der Waals surface area contributed by atoms with Crippen molar-refractivity contribution in [3.63, 3.8) is 0 Å². The molecule has 0 saturated heterocycles. The van der Waals surface area contributed by atoms with E-state index in [0.29, 0.717) is 24.7 Å². The number of ether oxygens (including phenoxy) is 3. The van der Waals surface area contributed by atoms with E-state index in [1.165, 1.54) is 100 Å². The summed E-state index contributed by atoms with van der Waals surface area (Å²) >= 11 is 0. The van der Waals surface area contributed by atoms with Gasteiger partial charge in [-0.05, 0) is 96.8 Å². The van der Waals surface area contributed by atoms with Gasteiger partial charge in [-0.15, -0.1) is 0 Å². The Labute approximate surface area is 322 Å². The predicted octanol–water partition coefficient (Wildman–Crippen LogP) is 14.1. The molecule has 0 aliphatic carbocycles. The van der Waals surface area contributed by atoms with Gasteiger partial charge in [-0.3, -0.25) is 0 Å². The van der Waals surface area contributed by atoms with Crippen LogP contribution >= 0.6 is 0 Å². The highest BCUT2D eigenvalue weighted by molar-refractivity contribution is 5.94. The minimum atomic E-state index is -1.28. The zero-order valence-corrected chi connectivity index (χ0v) is 32.1. The molecule has 4 aromatic rings. The molecule has 55 heavy (non-hydrogen) atoms. The molecule has 0 aromatic heterocycles. The van der Waals surface area contributed by atoms with Gasteiger partial charge in [-0.2, -0.15) is 0 Å². The van der Waals surface area contributed by atoms with Crippen LogP contribution in [0.15, 0.2) is 84.9 Å². The number of methoxy groups -OCH3 is 1. The first kappa shape index (κ1) is 42.7. The van der Waals surface area contributed by atoms with Crippen LogP contribution in [0.2, 0.25) is 0 Å². The van der Waals surface area contributed by atoms with Crippen LogP contribution in [0.25, 0.3) is 34.4 Å². The van der Waals surface area contributed by atoms with E-state index in [1.807, 2.05) is 0 Å². The molecule has 0 bridgehead atoms. The quantitative estimate of drug-likeness (QED) is 0.0463. The summed E-state index contributed by atoms with van der Waals surface area (Å²) in [5.41, 5.74) is -0.577. The van der Waals surface area contributed by atoms with Crippen LogP contribution in [0.1, 0.15) is 124 Å². The first-order valence-corrected chi connectivity index (χ1v) is 19.3. The highest BCUT2D eigenvalue weighted by Crippen LogP contribution is 2.43. The van der Waals surface area contributed by atoms with E-state index in [4.69, 9.17) is 14.2 Å². The zero-order chi connectivity index (χ0) is 39.6. The number of hydrogen-bond acceptors (Lipinski definition) is 4. The number of hydrogen-bond donors (Lipinski definition) is 1. The maximum absolute atomic E-state index is 16.3. The van der Waals surface area contributed by atoms with Crippen LogP contribution in [0.4, 0.5) is 17.6 Å². The van der Waals surface area contributed by atoms with Crippen LogP contribution in [-0.2, 0) is 0 Å². The van der Waals surface area contributed by atoms with E-state index >= 15 is 17.6 Å². The number of halogens is 4. The second-order valence-corrected chi connectivity index (χ2v) is 13.5. The lowest BCUT2D eigenvalue weighted by atomic mass is 9.93. The molecule has 5 nitrogen and oxygen atoms in total. The highest BCUT2D eigenvalue weighted by Gasteiger charge is 2.24. The van der Waals surface area contributed by atoms with Crippen molar-refractivity contribution in [2.45, 2.75) is 90.9 Å². The second kappa shape index (κ2) is 22.4. The molecule has 0 atom stereocenters. The molecule has 0 fully saturated rings. The average Bonchev–Trinajstić information content (AvgIpc) is 3.22. The van der Waals surface area contributed by atoms with Gasteiger partial charge in [0.25, 0.3) is 0 Å². The van der Waals surface area contributed by atoms with Gasteiger partial charge in [0.1, 0.15) is 17.2 Å². The van der Waals surface area contributed by atoms with Crippen LogP contribution in [0.3, 0.4) is 0 Å². The van der Waals surface area contributed by atoms with Gasteiger partial charge < -0.3 is 19.3 Å². The number of rotatable bonds is 23. The van der Waals surface area contributed by atoms with Gasteiger partial charge in [-0.1, -0.05) is 90.2 Å². The molecule has 0 aliphatic rings. The van der Waals surface area contributed by atoms with Crippen molar-refractivity contribution in [3.8, 4) is 28.4 Å². The zero-order valence-electron chi connectivity index (χ0n) is 32.1. The summed E-state index contributed by atoms with van der Waals surface area (Å²) in [6.45, 7) is 5.37. The molecule has 0 saturated carbocycles. The smallest absolute Gasteiger partial charge is 0.335 e. The standard InChI is InChI=1S/C46H52F4O5/c1-4-6-8-10-12-14-28-54-36-24-20-33(21-25-36)42(47)44(49)39-31-41(53-3)40(30-38(39)32-16-18-35(19-17-32)46(51)52)45(50)43(48)34-22-26-37(27-23-34)55-29-15-13-11-9-7-5-2/h16-27,30-31H,4-15,28-29H2,1-3H3,(H,51,52)/b44-42+,45-43+. The molecular formula is C46H52F4O5. The topological polar surface area (TPSA) is 65.0 Å². The number of aromatic carboxylic acids is 1. The number of carboxylic acids is 1. The predicted molar refractivity (Wildman–Crippen MR) is 214 cm³/mol. The van der Waals surface area contributed by atoms with Gasteiger partial charge in [0.05, 0.1) is 31.5 Å². The van der Waals surface area contributed by atoms with E-state index < -0.39 is 29.3 Å². The lowest BCUT2D eigenvalue weighted by Gasteiger charge is -2.16. The van der Waals surface area contributed by atoms with Crippen LogP contribution in [-0.4, -0.2) is 31.4 Å². The normalized spacial score (nSPS) is 12.2. The van der Waals surface area contributed by atoms with Gasteiger partial charge in [0.15, 0.2) is 23.3 Å². The third kappa shape index (κ3) is 12.5. The molecule has 0 amide bonds. The van der Waals surface area contributed by atoms with Crippen molar-refractivity contribution in [2.75, 3.05) is 20.3 Å². The Bertz CT molecular complexity index is 1870. The lowest BCUT2D eigenvalue weighted by molar-refractivity contribution is 0.0697. The van der Waals surface area contributed by atoms with Crippen molar-refractivity contribution in [2.24, 2.45) is 0 Å². The molecule has 0 spiro atoms. The summed E-state index contributed by atoms with van der Waals surface area (Å²) in [5, 5.41) is 9.42. The van der Waals surface area contributed by atoms with E-state index in [9.17, 15) is 9.90 Å². The Morgan fingerprint density at radius 2 is 0.945 bits per heavy atom. The van der Waals surface area contributed by atoms with Gasteiger partial charge in [-0.25, -0.2) is 22.4 Å². The van der Waals surface area contributed by atoms with E-state index in [2.05, 4.69) is 13.8 Å². The average molecular weight is 761 g/mol. The summed E-state index contributed by atoms with van der Waals surface area (Å²) < 4.78 is 81.0. The largest absolute Gasteiger partial charge is 0.496 e. The number of carbonyl (C=O) groups is 1. The summed E-state index contributed by atoms with van der Waals surface area (Å²) in [7, 11) is 1.22. The highest BCUT2D eigenvalue weighted by atomic mass is 19.2. The summed E-state index contributed by atoms with van der Waals surface area (Å²) in [5.74, 6) is -5.32. The van der Waals surface area contributed by atoms with Crippen LogP contribution < -0.4 is 14.2 Å². The maximum Gasteiger partial charge on any atom is 0.335 e. The Kier molecular flexibility index (Phi) is 17.4. The second-order valence-electron chi connectivity index (χ2n) is 13.5. The summed E-state index contributed by atoms with van der Waals surface area (Å²) in [6.07, 6.45) is 13.4. The molecule has 0 unspecified atom stereocenters. The number of benzene rings is 4. The van der Waals surface area contributed by atoms with Crippen molar-refractivity contribution >= 4 is 29.3 Å². The molecule has 9 heteroatoms.